The Morgan fingerprint density at radius 1 is 1.21 bits per heavy atom. The average Bonchev–Trinajstić information content (AvgIpc) is 2.45. The van der Waals surface area contributed by atoms with Crippen LogP contribution in [-0.2, 0) is 13.0 Å². The van der Waals surface area contributed by atoms with Gasteiger partial charge in [0.2, 0.25) is 0 Å². The number of ether oxygens (including phenoxy) is 1. The molecule has 2 rings (SSSR count). The van der Waals surface area contributed by atoms with Gasteiger partial charge in [-0.3, -0.25) is 4.98 Å². The number of nitrogens with zero attached hydrogens (tertiary/aromatic N) is 1. The molecule has 0 atom stereocenters. The number of hydrogen-bond donors (Lipinski definition) is 1. The van der Waals surface area contributed by atoms with E-state index in [2.05, 4.69) is 18.0 Å². The Hall–Kier alpha value is -1.94. The largest absolute Gasteiger partial charge is 0.489 e. The summed E-state index contributed by atoms with van der Waals surface area (Å²) in [6.07, 6.45) is 2.61. The molecule has 1 aromatic carbocycles. The number of aromatic nitrogens is 1. The number of thiocarbonyl (C=S) groups is 1. The van der Waals surface area contributed by atoms with Crippen molar-refractivity contribution in [1.82, 2.24) is 4.98 Å². The smallest absolute Gasteiger partial charge is 0.123 e. The molecule has 0 fully saturated rings. The standard InChI is InChI=1S/C15H16N2OS/c1-2-11-6-3-4-8-13(11)18-10-12-7-5-9-17-14(12)15(16)19/h3-9H,2,10H2,1H3,(H2,16,19). The van der Waals surface area contributed by atoms with E-state index in [0.717, 1.165) is 17.7 Å². The van der Waals surface area contributed by atoms with Crippen LogP contribution in [0.15, 0.2) is 42.6 Å². The van der Waals surface area contributed by atoms with Gasteiger partial charge in [0.1, 0.15) is 23.0 Å². The zero-order chi connectivity index (χ0) is 13.7. The van der Waals surface area contributed by atoms with Crippen molar-refractivity contribution in [3.63, 3.8) is 0 Å². The Morgan fingerprint density at radius 3 is 2.68 bits per heavy atom. The molecule has 3 nitrogen and oxygen atoms in total. The number of para-hydroxylation sites is 1. The Bertz CT molecular complexity index is 584. The molecule has 0 spiro atoms. The van der Waals surface area contributed by atoms with Crippen LogP contribution in [0.2, 0.25) is 0 Å². The summed E-state index contributed by atoms with van der Waals surface area (Å²) in [4.78, 5) is 4.48. The maximum Gasteiger partial charge on any atom is 0.123 e. The Labute approximate surface area is 118 Å². The van der Waals surface area contributed by atoms with Gasteiger partial charge in [-0.15, -0.1) is 0 Å². The lowest BCUT2D eigenvalue weighted by atomic mass is 10.1. The van der Waals surface area contributed by atoms with E-state index < -0.39 is 0 Å². The molecule has 2 aromatic rings. The lowest BCUT2D eigenvalue weighted by Crippen LogP contribution is -2.15. The third-order valence-electron chi connectivity index (χ3n) is 2.86. The highest BCUT2D eigenvalue weighted by atomic mass is 32.1. The average molecular weight is 272 g/mol. The summed E-state index contributed by atoms with van der Waals surface area (Å²) in [7, 11) is 0. The molecule has 0 aliphatic rings. The van der Waals surface area contributed by atoms with Gasteiger partial charge in [0, 0.05) is 11.8 Å². The molecule has 0 saturated heterocycles. The molecule has 0 radical (unpaired) electrons. The highest BCUT2D eigenvalue weighted by Crippen LogP contribution is 2.20. The normalized spacial score (nSPS) is 10.2. The van der Waals surface area contributed by atoms with E-state index in [0.29, 0.717) is 17.3 Å². The highest BCUT2D eigenvalue weighted by Gasteiger charge is 2.07. The maximum atomic E-state index is 5.85. The second-order valence-corrected chi connectivity index (χ2v) is 4.57. The minimum Gasteiger partial charge on any atom is -0.489 e. The molecule has 1 aromatic heterocycles. The quantitative estimate of drug-likeness (QED) is 0.850. The summed E-state index contributed by atoms with van der Waals surface area (Å²) in [6, 6.07) is 11.8. The minimum absolute atomic E-state index is 0.294. The van der Waals surface area contributed by atoms with Gasteiger partial charge >= 0.3 is 0 Å². The van der Waals surface area contributed by atoms with Gasteiger partial charge in [0.15, 0.2) is 0 Å². The van der Waals surface area contributed by atoms with Crippen LogP contribution in [0, 0.1) is 0 Å². The maximum absolute atomic E-state index is 5.85. The number of nitrogens with two attached hydrogens (primary N) is 1. The van der Waals surface area contributed by atoms with Crippen molar-refractivity contribution in [3.05, 3.63) is 59.4 Å². The summed E-state index contributed by atoms with van der Waals surface area (Å²) >= 11 is 4.99. The zero-order valence-corrected chi connectivity index (χ0v) is 11.6. The van der Waals surface area contributed by atoms with Gasteiger partial charge in [0.05, 0.1) is 0 Å². The zero-order valence-electron chi connectivity index (χ0n) is 10.8. The molecule has 0 aliphatic carbocycles. The van der Waals surface area contributed by atoms with Gasteiger partial charge in [-0.25, -0.2) is 0 Å². The van der Waals surface area contributed by atoms with Crippen LogP contribution >= 0.6 is 12.2 Å². The molecule has 0 saturated carbocycles. The highest BCUT2D eigenvalue weighted by molar-refractivity contribution is 7.80. The molecule has 0 unspecified atom stereocenters. The van der Waals surface area contributed by atoms with E-state index in [9.17, 15) is 0 Å². The van der Waals surface area contributed by atoms with E-state index in [1.54, 1.807) is 6.20 Å². The predicted octanol–water partition coefficient (Wildman–Crippen LogP) is 2.86. The van der Waals surface area contributed by atoms with Crippen molar-refractivity contribution in [2.24, 2.45) is 5.73 Å². The third kappa shape index (κ3) is 3.29. The number of benzene rings is 1. The summed E-state index contributed by atoms with van der Waals surface area (Å²) in [5.41, 5.74) is 8.37. The fourth-order valence-corrected chi connectivity index (χ4v) is 2.05. The van der Waals surface area contributed by atoms with Crippen LogP contribution in [-0.4, -0.2) is 9.97 Å². The monoisotopic (exact) mass is 272 g/mol. The van der Waals surface area contributed by atoms with Crippen molar-refractivity contribution < 1.29 is 4.74 Å². The fourth-order valence-electron chi connectivity index (χ4n) is 1.87. The minimum atomic E-state index is 0.294. The summed E-state index contributed by atoms with van der Waals surface area (Å²) in [6.45, 7) is 2.52. The second-order valence-electron chi connectivity index (χ2n) is 4.13. The summed E-state index contributed by atoms with van der Waals surface area (Å²) < 4.78 is 5.85. The molecule has 0 bridgehead atoms. The molecular formula is C15H16N2OS. The number of pyridine rings is 1. The van der Waals surface area contributed by atoms with Crippen molar-refractivity contribution >= 4 is 17.2 Å². The van der Waals surface area contributed by atoms with Gasteiger partial charge < -0.3 is 10.5 Å². The third-order valence-corrected chi connectivity index (χ3v) is 3.05. The van der Waals surface area contributed by atoms with E-state index >= 15 is 0 Å². The number of hydrogen-bond acceptors (Lipinski definition) is 3. The second kappa shape index (κ2) is 6.29. The lowest BCUT2D eigenvalue weighted by Gasteiger charge is -2.12. The number of rotatable bonds is 5. The van der Waals surface area contributed by atoms with Crippen molar-refractivity contribution in [2.75, 3.05) is 0 Å². The van der Waals surface area contributed by atoms with Crippen molar-refractivity contribution in [1.29, 1.82) is 0 Å². The molecular weight excluding hydrogens is 256 g/mol. The first-order valence-corrected chi connectivity index (χ1v) is 6.57. The molecule has 4 heteroatoms. The van der Waals surface area contributed by atoms with Crippen LogP contribution in [0.5, 0.6) is 5.75 Å². The number of aryl methyl sites for hydroxylation is 1. The molecule has 0 amide bonds. The van der Waals surface area contributed by atoms with E-state index in [4.69, 9.17) is 22.7 Å². The SMILES string of the molecule is CCc1ccccc1OCc1cccnc1C(N)=S. The van der Waals surface area contributed by atoms with Crippen LogP contribution in [0.4, 0.5) is 0 Å². The molecule has 2 N–H and O–H groups in total. The lowest BCUT2D eigenvalue weighted by molar-refractivity contribution is 0.302. The van der Waals surface area contributed by atoms with Crippen LogP contribution in [0.1, 0.15) is 23.7 Å². The van der Waals surface area contributed by atoms with E-state index in [1.807, 2.05) is 30.3 Å². The van der Waals surface area contributed by atoms with Gasteiger partial charge in [-0.1, -0.05) is 43.4 Å². The predicted molar refractivity (Wildman–Crippen MR) is 80.3 cm³/mol. The van der Waals surface area contributed by atoms with Crippen molar-refractivity contribution in [2.45, 2.75) is 20.0 Å². The summed E-state index contributed by atoms with van der Waals surface area (Å²) in [5.74, 6) is 0.891. The molecule has 19 heavy (non-hydrogen) atoms. The fraction of sp³-hybridized carbons (Fsp3) is 0.200. The first kappa shape index (κ1) is 13.5. The van der Waals surface area contributed by atoms with Crippen LogP contribution < -0.4 is 10.5 Å². The van der Waals surface area contributed by atoms with E-state index in [1.165, 1.54) is 5.56 Å². The first-order chi connectivity index (χ1) is 9.22. The molecule has 0 aliphatic heterocycles. The Kier molecular flexibility index (Phi) is 4.47. The Morgan fingerprint density at radius 2 is 1.95 bits per heavy atom. The molecule has 98 valence electrons. The summed E-state index contributed by atoms with van der Waals surface area (Å²) in [5, 5.41) is 0. The van der Waals surface area contributed by atoms with Crippen LogP contribution in [0.25, 0.3) is 0 Å². The Balaban J connectivity index is 2.17. The van der Waals surface area contributed by atoms with E-state index in [-0.39, 0.29) is 0 Å². The molecule has 1 heterocycles. The van der Waals surface area contributed by atoms with Gasteiger partial charge in [0.25, 0.3) is 0 Å². The van der Waals surface area contributed by atoms with Crippen LogP contribution in [0.3, 0.4) is 0 Å². The van der Waals surface area contributed by atoms with Gasteiger partial charge in [-0.2, -0.15) is 0 Å². The first-order valence-electron chi connectivity index (χ1n) is 6.16. The van der Waals surface area contributed by atoms with Crippen molar-refractivity contribution in [3.8, 4) is 5.75 Å². The topological polar surface area (TPSA) is 48.1 Å². The van der Waals surface area contributed by atoms with Gasteiger partial charge in [-0.05, 0) is 24.1 Å².